The summed E-state index contributed by atoms with van der Waals surface area (Å²) in [6.45, 7) is 0. The Bertz CT molecular complexity index is 586. The molecule has 2 aromatic heterocycles. The maximum atomic E-state index is 9.77. The summed E-state index contributed by atoms with van der Waals surface area (Å²) in [5.74, 6) is 11.8. The second-order valence-electron chi connectivity index (χ2n) is 4.15. The summed E-state index contributed by atoms with van der Waals surface area (Å²) < 4.78 is 0. The van der Waals surface area contributed by atoms with E-state index in [1.54, 1.807) is 24.8 Å². The van der Waals surface area contributed by atoms with Crippen LogP contribution in [0.25, 0.3) is 0 Å². The molecule has 2 rings (SSSR count). The normalized spacial score (nSPS) is 9.30. The second kappa shape index (κ2) is 7.74. The van der Waals surface area contributed by atoms with Crippen molar-refractivity contribution < 1.29 is 5.11 Å². The number of aromatic nitrogens is 2. The molecule has 1 N–H and O–H groups in total. The molecule has 0 atom stereocenters. The third kappa shape index (κ3) is 4.94. The molecule has 0 radical (unpaired) electrons. The standard InChI is InChI=1S/C17H14N2O/c20-17(9-1-5-15-7-3-11-18-13-15)10-2-6-16-8-4-12-19-14-16/h3-4,7-8,11-14,17,20H,9-10H2. The molecule has 0 saturated carbocycles. The summed E-state index contributed by atoms with van der Waals surface area (Å²) in [5.41, 5.74) is 1.70. The first-order chi connectivity index (χ1) is 9.84. The summed E-state index contributed by atoms with van der Waals surface area (Å²) in [5, 5.41) is 9.77. The van der Waals surface area contributed by atoms with Gasteiger partial charge in [-0.25, -0.2) is 0 Å². The van der Waals surface area contributed by atoms with Gasteiger partial charge in [0.25, 0.3) is 0 Å². The molecule has 0 unspecified atom stereocenters. The molecule has 0 aliphatic heterocycles. The molecule has 20 heavy (non-hydrogen) atoms. The summed E-state index contributed by atoms with van der Waals surface area (Å²) in [7, 11) is 0. The lowest BCUT2D eigenvalue weighted by molar-refractivity contribution is 0.186. The van der Waals surface area contributed by atoms with E-state index in [-0.39, 0.29) is 0 Å². The molecule has 0 bridgehead atoms. The van der Waals surface area contributed by atoms with E-state index in [2.05, 4.69) is 33.6 Å². The van der Waals surface area contributed by atoms with Gasteiger partial charge >= 0.3 is 0 Å². The van der Waals surface area contributed by atoms with Crippen LogP contribution < -0.4 is 0 Å². The fourth-order valence-corrected chi connectivity index (χ4v) is 1.49. The van der Waals surface area contributed by atoms with Gasteiger partial charge in [-0.15, -0.1) is 0 Å². The van der Waals surface area contributed by atoms with Gasteiger partial charge in [-0.05, 0) is 24.3 Å². The van der Waals surface area contributed by atoms with Gasteiger partial charge in [0, 0.05) is 48.8 Å². The van der Waals surface area contributed by atoms with E-state index in [9.17, 15) is 5.11 Å². The molecule has 3 nitrogen and oxygen atoms in total. The van der Waals surface area contributed by atoms with Crippen LogP contribution in [0.15, 0.2) is 49.1 Å². The number of aliphatic hydroxyl groups excluding tert-OH is 1. The topological polar surface area (TPSA) is 46.0 Å². The fourth-order valence-electron chi connectivity index (χ4n) is 1.49. The third-order valence-electron chi connectivity index (χ3n) is 2.46. The summed E-state index contributed by atoms with van der Waals surface area (Å²) in [4.78, 5) is 7.94. The van der Waals surface area contributed by atoms with Gasteiger partial charge in [0.15, 0.2) is 0 Å². The van der Waals surface area contributed by atoms with E-state index in [1.807, 2.05) is 24.3 Å². The molecule has 0 aliphatic rings. The van der Waals surface area contributed by atoms with Gasteiger partial charge in [-0.1, -0.05) is 23.7 Å². The SMILES string of the molecule is OC(CC#Cc1cccnc1)CC#Cc1cccnc1. The van der Waals surface area contributed by atoms with Crippen LogP contribution in [0.1, 0.15) is 24.0 Å². The molecule has 3 heteroatoms. The van der Waals surface area contributed by atoms with Crippen LogP contribution in [-0.4, -0.2) is 21.2 Å². The summed E-state index contributed by atoms with van der Waals surface area (Å²) >= 11 is 0. The zero-order chi connectivity index (χ0) is 14.0. The van der Waals surface area contributed by atoms with E-state index in [4.69, 9.17) is 0 Å². The van der Waals surface area contributed by atoms with Crippen LogP contribution in [0.2, 0.25) is 0 Å². The van der Waals surface area contributed by atoms with E-state index in [0.29, 0.717) is 12.8 Å². The van der Waals surface area contributed by atoms with E-state index in [0.717, 1.165) is 11.1 Å². The lowest BCUT2D eigenvalue weighted by Crippen LogP contribution is -2.03. The molecule has 0 saturated heterocycles. The number of hydrogen-bond acceptors (Lipinski definition) is 3. The van der Waals surface area contributed by atoms with Gasteiger partial charge in [-0.2, -0.15) is 0 Å². The molecule has 0 fully saturated rings. The first-order valence-electron chi connectivity index (χ1n) is 6.30. The minimum Gasteiger partial charge on any atom is -0.391 e. The first-order valence-corrected chi connectivity index (χ1v) is 6.30. The molecule has 98 valence electrons. The van der Waals surface area contributed by atoms with Crippen LogP contribution in [0, 0.1) is 23.7 Å². The Balaban J connectivity index is 1.81. The van der Waals surface area contributed by atoms with Crippen LogP contribution >= 0.6 is 0 Å². The van der Waals surface area contributed by atoms with Crippen molar-refractivity contribution in [3.8, 4) is 23.7 Å². The quantitative estimate of drug-likeness (QED) is 0.842. The van der Waals surface area contributed by atoms with Crippen molar-refractivity contribution in [3.63, 3.8) is 0 Å². The average molecular weight is 262 g/mol. The highest BCUT2D eigenvalue weighted by Gasteiger charge is 1.98. The maximum absolute atomic E-state index is 9.77. The third-order valence-corrected chi connectivity index (χ3v) is 2.46. The van der Waals surface area contributed by atoms with Crippen LogP contribution in [0.4, 0.5) is 0 Å². The molecular weight excluding hydrogens is 248 g/mol. The lowest BCUT2D eigenvalue weighted by atomic mass is 10.1. The monoisotopic (exact) mass is 262 g/mol. The lowest BCUT2D eigenvalue weighted by Gasteiger charge is -1.99. The number of nitrogens with zero attached hydrogens (tertiary/aromatic N) is 2. The Morgan fingerprint density at radius 3 is 1.80 bits per heavy atom. The first kappa shape index (κ1) is 13.8. The predicted molar refractivity (Wildman–Crippen MR) is 77.5 cm³/mol. The largest absolute Gasteiger partial charge is 0.391 e. The average Bonchev–Trinajstić information content (AvgIpc) is 2.49. The number of hydrogen-bond donors (Lipinski definition) is 1. The van der Waals surface area contributed by atoms with Crippen molar-refractivity contribution in [2.45, 2.75) is 18.9 Å². The molecule has 2 aromatic rings. The minimum absolute atomic E-state index is 0.399. The number of aliphatic hydroxyl groups is 1. The smallest absolute Gasteiger partial charge is 0.0758 e. The van der Waals surface area contributed by atoms with Crippen molar-refractivity contribution in [1.29, 1.82) is 0 Å². The Hall–Kier alpha value is -2.62. The highest BCUT2D eigenvalue weighted by atomic mass is 16.3. The van der Waals surface area contributed by atoms with Crippen molar-refractivity contribution in [3.05, 3.63) is 60.2 Å². The Morgan fingerprint density at radius 2 is 1.40 bits per heavy atom. The van der Waals surface area contributed by atoms with Gasteiger partial charge in [0.1, 0.15) is 0 Å². The minimum atomic E-state index is -0.539. The van der Waals surface area contributed by atoms with Crippen LogP contribution in [0.3, 0.4) is 0 Å². The highest BCUT2D eigenvalue weighted by Crippen LogP contribution is 1.98. The second-order valence-corrected chi connectivity index (χ2v) is 4.15. The molecule has 0 amide bonds. The zero-order valence-corrected chi connectivity index (χ0v) is 11.0. The Labute approximate surface area is 118 Å². The Kier molecular flexibility index (Phi) is 5.34. The van der Waals surface area contributed by atoms with E-state index >= 15 is 0 Å². The number of pyridine rings is 2. The molecule has 0 spiro atoms. The van der Waals surface area contributed by atoms with Crippen molar-refractivity contribution in [2.24, 2.45) is 0 Å². The highest BCUT2D eigenvalue weighted by molar-refractivity contribution is 5.32. The van der Waals surface area contributed by atoms with Crippen molar-refractivity contribution in [2.75, 3.05) is 0 Å². The van der Waals surface area contributed by atoms with Gasteiger partial charge < -0.3 is 5.11 Å². The van der Waals surface area contributed by atoms with E-state index < -0.39 is 6.10 Å². The van der Waals surface area contributed by atoms with Crippen molar-refractivity contribution in [1.82, 2.24) is 9.97 Å². The molecule has 2 heterocycles. The van der Waals surface area contributed by atoms with Gasteiger partial charge in [0.2, 0.25) is 0 Å². The fraction of sp³-hybridized carbons (Fsp3) is 0.176. The molecular formula is C17H14N2O. The van der Waals surface area contributed by atoms with Crippen LogP contribution in [-0.2, 0) is 0 Å². The van der Waals surface area contributed by atoms with Gasteiger partial charge in [-0.3, -0.25) is 9.97 Å². The van der Waals surface area contributed by atoms with Gasteiger partial charge in [0.05, 0.1) is 6.10 Å². The van der Waals surface area contributed by atoms with Crippen molar-refractivity contribution >= 4 is 0 Å². The van der Waals surface area contributed by atoms with E-state index in [1.165, 1.54) is 0 Å². The maximum Gasteiger partial charge on any atom is 0.0758 e. The molecule has 0 aliphatic carbocycles. The predicted octanol–water partition coefficient (Wildman–Crippen LogP) is 2.02. The number of rotatable bonds is 2. The summed E-state index contributed by atoms with van der Waals surface area (Å²) in [6, 6.07) is 7.43. The summed E-state index contributed by atoms with van der Waals surface area (Å²) in [6.07, 6.45) is 7.06. The molecule has 0 aromatic carbocycles. The van der Waals surface area contributed by atoms with Crippen LogP contribution in [0.5, 0.6) is 0 Å². The zero-order valence-electron chi connectivity index (χ0n) is 11.0. The Morgan fingerprint density at radius 1 is 0.900 bits per heavy atom.